The molecular weight excluding hydrogens is 333 g/mol. The molecule has 0 radical (unpaired) electrons. The Labute approximate surface area is 149 Å². The van der Waals surface area contributed by atoms with Gasteiger partial charge in [0.1, 0.15) is 5.82 Å². The predicted molar refractivity (Wildman–Crippen MR) is 101 cm³/mol. The number of pyridine rings is 1. The lowest BCUT2D eigenvalue weighted by Crippen LogP contribution is -2.32. The second kappa shape index (κ2) is 6.29. The highest BCUT2D eigenvalue weighted by atomic mass is 19.1. The standard InChI is InChI=1S/C20H18FN3O2/c1-23-9-4-10-24(18-11-13(21)7-8-17(18)23)20(26)15-12-19(25)22-16-6-3-2-5-14(15)16/h2-3,5-8,11-12H,4,9-10H2,1H3,(H,22,25). The molecular formula is C20H18FN3O2. The van der Waals surface area contributed by atoms with E-state index in [-0.39, 0.29) is 11.5 Å². The second-order valence-electron chi connectivity index (χ2n) is 6.46. The van der Waals surface area contributed by atoms with Crippen LogP contribution in [0.2, 0.25) is 0 Å². The van der Waals surface area contributed by atoms with E-state index in [2.05, 4.69) is 4.98 Å². The number of nitrogens with zero attached hydrogens (tertiary/aromatic N) is 2. The number of rotatable bonds is 1. The number of aromatic amines is 1. The highest BCUT2D eigenvalue weighted by molar-refractivity contribution is 6.14. The Balaban J connectivity index is 1.88. The molecule has 1 aliphatic heterocycles. The maximum absolute atomic E-state index is 13.9. The molecule has 0 unspecified atom stereocenters. The molecule has 2 aromatic carbocycles. The molecule has 6 heteroatoms. The van der Waals surface area contributed by atoms with Gasteiger partial charge in [-0.25, -0.2) is 4.39 Å². The van der Waals surface area contributed by atoms with E-state index in [1.54, 1.807) is 29.2 Å². The van der Waals surface area contributed by atoms with Crippen molar-refractivity contribution in [1.82, 2.24) is 4.98 Å². The summed E-state index contributed by atoms with van der Waals surface area (Å²) in [5.74, 6) is -0.693. The normalized spacial score (nSPS) is 14.2. The molecule has 0 saturated heterocycles. The van der Waals surface area contributed by atoms with Gasteiger partial charge < -0.3 is 14.8 Å². The van der Waals surface area contributed by atoms with Crippen LogP contribution in [0.4, 0.5) is 15.8 Å². The molecule has 1 aliphatic rings. The van der Waals surface area contributed by atoms with Gasteiger partial charge in [0.05, 0.1) is 16.9 Å². The van der Waals surface area contributed by atoms with Crippen LogP contribution >= 0.6 is 0 Å². The number of nitrogens with one attached hydrogen (secondary N) is 1. The Morgan fingerprint density at radius 1 is 1.08 bits per heavy atom. The number of amides is 1. The van der Waals surface area contributed by atoms with E-state index in [0.29, 0.717) is 28.7 Å². The Hall–Kier alpha value is -3.15. The molecule has 132 valence electrons. The Bertz CT molecular complexity index is 1060. The SMILES string of the molecule is CN1CCCN(C(=O)c2cc(=O)[nH]c3ccccc23)c2cc(F)ccc21. The number of carbonyl (C=O) groups excluding carboxylic acids is 1. The Kier molecular flexibility index (Phi) is 3.95. The Morgan fingerprint density at radius 2 is 1.88 bits per heavy atom. The van der Waals surface area contributed by atoms with Crippen LogP contribution in [0, 0.1) is 5.82 Å². The monoisotopic (exact) mass is 351 g/mol. The quantitative estimate of drug-likeness (QED) is 0.733. The van der Waals surface area contributed by atoms with Gasteiger partial charge in [0.2, 0.25) is 5.56 Å². The number of halogens is 1. The fraction of sp³-hybridized carbons (Fsp3) is 0.200. The first kappa shape index (κ1) is 16.3. The lowest BCUT2D eigenvalue weighted by Gasteiger charge is -2.25. The molecule has 0 aliphatic carbocycles. The van der Waals surface area contributed by atoms with Crippen LogP contribution in [0.1, 0.15) is 16.8 Å². The molecule has 0 spiro atoms. The lowest BCUT2D eigenvalue weighted by atomic mass is 10.1. The highest BCUT2D eigenvalue weighted by Gasteiger charge is 2.26. The zero-order valence-corrected chi connectivity index (χ0v) is 14.3. The third-order valence-corrected chi connectivity index (χ3v) is 4.74. The molecule has 26 heavy (non-hydrogen) atoms. The van der Waals surface area contributed by atoms with Gasteiger partial charge in [-0.1, -0.05) is 18.2 Å². The summed E-state index contributed by atoms with van der Waals surface area (Å²) in [4.78, 5) is 31.7. The first-order valence-corrected chi connectivity index (χ1v) is 8.49. The van der Waals surface area contributed by atoms with Crippen molar-refractivity contribution in [3.63, 3.8) is 0 Å². The number of carbonyl (C=O) groups is 1. The summed E-state index contributed by atoms with van der Waals surface area (Å²) in [5, 5.41) is 0.674. The smallest absolute Gasteiger partial charge is 0.259 e. The maximum Gasteiger partial charge on any atom is 0.259 e. The van der Waals surface area contributed by atoms with Crippen molar-refractivity contribution in [1.29, 1.82) is 0 Å². The van der Waals surface area contributed by atoms with E-state index in [4.69, 9.17) is 0 Å². The van der Waals surface area contributed by atoms with E-state index < -0.39 is 5.82 Å². The summed E-state index contributed by atoms with van der Waals surface area (Å²) < 4.78 is 13.9. The third-order valence-electron chi connectivity index (χ3n) is 4.74. The molecule has 1 N–H and O–H groups in total. The van der Waals surface area contributed by atoms with E-state index in [9.17, 15) is 14.0 Å². The zero-order valence-electron chi connectivity index (χ0n) is 14.3. The third kappa shape index (κ3) is 2.73. The first-order valence-electron chi connectivity index (χ1n) is 8.49. The molecule has 1 aromatic heterocycles. The van der Waals surface area contributed by atoms with E-state index in [1.807, 2.05) is 18.0 Å². The van der Waals surface area contributed by atoms with Gasteiger partial charge in [-0.05, 0) is 30.7 Å². The van der Waals surface area contributed by atoms with Crippen molar-refractivity contribution in [3.8, 4) is 0 Å². The van der Waals surface area contributed by atoms with Crippen LogP contribution in [0.25, 0.3) is 10.9 Å². The lowest BCUT2D eigenvalue weighted by molar-refractivity contribution is 0.0988. The van der Waals surface area contributed by atoms with Crippen LogP contribution in [0.3, 0.4) is 0 Å². The molecule has 1 amide bonds. The van der Waals surface area contributed by atoms with Crippen molar-refractivity contribution in [2.24, 2.45) is 0 Å². The first-order chi connectivity index (χ1) is 12.5. The molecule has 3 aromatic rings. The number of hydrogen-bond donors (Lipinski definition) is 1. The van der Waals surface area contributed by atoms with Crippen molar-refractivity contribution in [2.75, 3.05) is 29.9 Å². The van der Waals surface area contributed by atoms with Crippen molar-refractivity contribution < 1.29 is 9.18 Å². The molecule has 0 bridgehead atoms. The van der Waals surface area contributed by atoms with Gasteiger partial charge in [0.15, 0.2) is 0 Å². The average molecular weight is 351 g/mol. The summed E-state index contributed by atoms with van der Waals surface area (Å²) in [7, 11) is 1.92. The molecule has 5 nitrogen and oxygen atoms in total. The number of anilines is 2. The molecule has 2 heterocycles. The van der Waals surface area contributed by atoms with Gasteiger partial charge in [0.25, 0.3) is 5.91 Å². The number of hydrogen-bond acceptors (Lipinski definition) is 3. The van der Waals surface area contributed by atoms with Crippen LogP contribution in [0.15, 0.2) is 53.3 Å². The van der Waals surface area contributed by atoms with Crippen molar-refractivity contribution in [2.45, 2.75) is 6.42 Å². The van der Waals surface area contributed by atoms with Crippen LogP contribution in [-0.2, 0) is 0 Å². The van der Waals surface area contributed by atoms with Crippen molar-refractivity contribution >= 4 is 28.2 Å². The van der Waals surface area contributed by atoms with Crippen LogP contribution < -0.4 is 15.4 Å². The molecule has 0 saturated carbocycles. The molecule has 0 fully saturated rings. The highest BCUT2D eigenvalue weighted by Crippen LogP contribution is 2.33. The largest absolute Gasteiger partial charge is 0.373 e. The number of benzene rings is 2. The van der Waals surface area contributed by atoms with E-state index in [0.717, 1.165) is 18.7 Å². The maximum atomic E-state index is 13.9. The van der Waals surface area contributed by atoms with Gasteiger partial charge in [-0.2, -0.15) is 0 Å². The summed E-state index contributed by atoms with van der Waals surface area (Å²) in [6.45, 7) is 1.22. The zero-order chi connectivity index (χ0) is 18.3. The summed E-state index contributed by atoms with van der Waals surface area (Å²) in [5.41, 5.74) is 1.92. The minimum atomic E-state index is -0.396. The van der Waals surface area contributed by atoms with Crippen LogP contribution in [-0.4, -0.2) is 31.0 Å². The molecule has 4 rings (SSSR count). The number of fused-ring (bicyclic) bond motifs is 2. The predicted octanol–water partition coefficient (Wildman–Crippen LogP) is 3.15. The molecule has 0 atom stereocenters. The Morgan fingerprint density at radius 3 is 2.73 bits per heavy atom. The van der Waals surface area contributed by atoms with Crippen molar-refractivity contribution in [3.05, 3.63) is 70.3 Å². The summed E-state index contributed by atoms with van der Waals surface area (Å²) >= 11 is 0. The summed E-state index contributed by atoms with van der Waals surface area (Å²) in [6.07, 6.45) is 0.750. The van der Waals surface area contributed by atoms with E-state index >= 15 is 0 Å². The van der Waals surface area contributed by atoms with Gasteiger partial charge in [-0.3, -0.25) is 9.59 Å². The second-order valence-corrected chi connectivity index (χ2v) is 6.46. The number of H-pyrrole nitrogens is 1. The van der Waals surface area contributed by atoms with E-state index in [1.165, 1.54) is 18.2 Å². The average Bonchev–Trinajstić information content (AvgIpc) is 2.79. The minimum Gasteiger partial charge on any atom is -0.373 e. The summed E-state index contributed by atoms with van der Waals surface area (Å²) in [6, 6.07) is 13.0. The number of para-hydroxylation sites is 1. The topological polar surface area (TPSA) is 56.4 Å². The number of aromatic nitrogens is 1. The van der Waals surface area contributed by atoms with Gasteiger partial charge in [0, 0.05) is 37.1 Å². The van der Waals surface area contributed by atoms with Gasteiger partial charge >= 0.3 is 0 Å². The fourth-order valence-electron chi connectivity index (χ4n) is 3.48. The van der Waals surface area contributed by atoms with Gasteiger partial charge in [-0.15, -0.1) is 0 Å². The fourth-order valence-corrected chi connectivity index (χ4v) is 3.48. The van der Waals surface area contributed by atoms with Crippen LogP contribution in [0.5, 0.6) is 0 Å². The minimum absolute atomic E-state index is 0.297.